The number of hydrogen-bond acceptors (Lipinski definition) is 9. The van der Waals surface area contributed by atoms with Gasteiger partial charge in [0.25, 0.3) is 0 Å². The summed E-state index contributed by atoms with van der Waals surface area (Å²) in [6, 6.07) is 1.61. The molecule has 0 aromatic carbocycles. The van der Waals surface area contributed by atoms with Crippen LogP contribution in [0.1, 0.15) is 36.5 Å². The van der Waals surface area contributed by atoms with Gasteiger partial charge in [-0.05, 0) is 19.9 Å². The van der Waals surface area contributed by atoms with Gasteiger partial charge in [0.05, 0.1) is 31.9 Å². The summed E-state index contributed by atoms with van der Waals surface area (Å²) in [5.74, 6) is -2.64. The Morgan fingerprint density at radius 1 is 1.04 bits per heavy atom. The number of rotatable bonds is 10. The highest BCUT2D eigenvalue weighted by Crippen LogP contribution is 2.02. The van der Waals surface area contributed by atoms with Crippen molar-refractivity contribution in [2.75, 3.05) is 34.0 Å². The first-order valence-corrected chi connectivity index (χ1v) is 7.80. The minimum atomic E-state index is -0.966. The van der Waals surface area contributed by atoms with Gasteiger partial charge in [0.15, 0.2) is 11.5 Å². The molecule has 0 aliphatic heterocycles. The lowest BCUT2D eigenvalue weighted by Crippen LogP contribution is -2.22. The second-order valence-corrected chi connectivity index (χ2v) is 4.72. The Morgan fingerprint density at radius 3 is 2.23 bits per heavy atom. The predicted molar refractivity (Wildman–Crippen MR) is 88.4 cm³/mol. The zero-order valence-corrected chi connectivity index (χ0v) is 15.3. The lowest BCUT2D eigenvalue weighted by atomic mass is 10.2. The van der Waals surface area contributed by atoms with Crippen LogP contribution in [0, 0.1) is 0 Å². The average Bonchev–Trinajstić information content (AvgIpc) is 3.05. The van der Waals surface area contributed by atoms with Crippen molar-refractivity contribution in [1.29, 1.82) is 0 Å². The van der Waals surface area contributed by atoms with Crippen LogP contribution >= 0.6 is 0 Å². The molecule has 0 atom stereocenters. The predicted octanol–water partition coefficient (Wildman–Crippen LogP) is 0.457. The van der Waals surface area contributed by atoms with Crippen LogP contribution in [0.15, 0.2) is 6.07 Å². The minimum absolute atomic E-state index is 0.128. The van der Waals surface area contributed by atoms with E-state index in [0.717, 1.165) is 5.69 Å². The maximum Gasteiger partial charge on any atom is 0.375 e. The monoisotopic (exact) mass is 372 g/mol. The molecule has 0 bridgehead atoms. The van der Waals surface area contributed by atoms with Gasteiger partial charge in [0, 0.05) is 14.2 Å². The van der Waals surface area contributed by atoms with Crippen molar-refractivity contribution < 1.29 is 38.1 Å². The van der Waals surface area contributed by atoms with Gasteiger partial charge in [0.2, 0.25) is 5.78 Å². The molecular weight excluding hydrogens is 348 g/mol. The molecule has 0 aliphatic rings. The Morgan fingerprint density at radius 2 is 1.69 bits per heavy atom. The van der Waals surface area contributed by atoms with Crippen LogP contribution in [0.5, 0.6) is 0 Å². The number of nitrogens with one attached hydrogen (secondary N) is 1. The quantitative estimate of drug-likeness (QED) is 0.353. The summed E-state index contributed by atoms with van der Waals surface area (Å²) in [7, 11) is 2.91. The number of ether oxygens (including phenoxy) is 4. The lowest BCUT2D eigenvalue weighted by Gasteiger charge is -1.99. The summed E-state index contributed by atoms with van der Waals surface area (Å²) in [6.07, 6.45) is -0.452. The van der Waals surface area contributed by atoms with Gasteiger partial charge in [-0.3, -0.25) is 14.7 Å². The number of carbonyl (C=O) groups is 4. The maximum atomic E-state index is 11.1. The molecule has 10 heteroatoms. The summed E-state index contributed by atoms with van der Waals surface area (Å²) >= 11 is 0. The molecule has 0 saturated heterocycles. The number of esters is 2. The largest absolute Gasteiger partial charge is 0.461 e. The van der Waals surface area contributed by atoms with E-state index in [1.165, 1.54) is 7.11 Å². The van der Waals surface area contributed by atoms with Crippen molar-refractivity contribution in [2.45, 2.75) is 26.9 Å². The molecule has 10 nitrogen and oxygen atoms in total. The molecule has 1 N–H and O–H groups in total. The zero-order valence-electron chi connectivity index (χ0n) is 15.3. The van der Waals surface area contributed by atoms with E-state index in [4.69, 9.17) is 9.47 Å². The molecule has 1 heterocycles. The highest BCUT2D eigenvalue weighted by Gasteiger charge is 2.18. The number of nitrogens with zero attached hydrogens (tertiary/aromatic N) is 1. The van der Waals surface area contributed by atoms with Crippen molar-refractivity contribution >= 4 is 23.5 Å². The van der Waals surface area contributed by atoms with Gasteiger partial charge in [-0.1, -0.05) is 0 Å². The molecule has 0 spiro atoms. The molecule has 0 radical (unpaired) electrons. The Labute approximate surface area is 151 Å². The lowest BCUT2D eigenvalue weighted by molar-refractivity contribution is -0.154. The second-order valence-electron chi connectivity index (χ2n) is 4.72. The standard InChI is InChI=1S/C8H12N2O3.C8H12O5/c1-3-13-8(11)7-4-6(5-12-2)9-10-7;1-3-13-8(11)7(10)4-6(9)5-12-2/h4H,3,5H2,1-2H3,(H,9,10);3-5H2,1-2H3. The van der Waals surface area contributed by atoms with Gasteiger partial charge < -0.3 is 18.9 Å². The van der Waals surface area contributed by atoms with Gasteiger partial charge in [0.1, 0.15) is 6.61 Å². The molecule has 26 heavy (non-hydrogen) atoms. The molecule has 0 aliphatic carbocycles. The number of methoxy groups -OCH3 is 2. The Hall–Kier alpha value is -2.59. The highest BCUT2D eigenvalue weighted by molar-refractivity contribution is 6.37. The minimum Gasteiger partial charge on any atom is -0.461 e. The Balaban J connectivity index is 0.000000481. The summed E-state index contributed by atoms with van der Waals surface area (Å²) < 4.78 is 18.5. The molecule has 0 saturated carbocycles. The van der Waals surface area contributed by atoms with E-state index >= 15 is 0 Å². The number of carbonyl (C=O) groups excluding carboxylic acids is 4. The van der Waals surface area contributed by atoms with E-state index < -0.39 is 29.9 Å². The fourth-order valence-corrected chi connectivity index (χ4v) is 1.58. The number of aromatic amines is 1. The van der Waals surface area contributed by atoms with Crippen LogP contribution in [0.25, 0.3) is 0 Å². The Bertz CT molecular complexity index is 597. The molecular formula is C16H24N2O8. The topological polar surface area (TPSA) is 134 Å². The number of ketones is 2. The van der Waals surface area contributed by atoms with Gasteiger partial charge in [-0.2, -0.15) is 5.10 Å². The highest BCUT2D eigenvalue weighted by atomic mass is 16.5. The van der Waals surface area contributed by atoms with Crippen molar-refractivity contribution in [3.63, 3.8) is 0 Å². The number of hydrogen-bond donors (Lipinski definition) is 1. The Kier molecular flexibility index (Phi) is 12.3. The molecule has 1 rings (SSSR count). The van der Waals surface area contributed by atoms with Crippen molar-refractivity contribution in [3.8, 4) is 0 Å². The molecule has 0 fully saturated rings. The first-order chi connectivity index (χ1) is 12.4. The van der Waals surface area contributed by atoms with E-state index in [-0.39, 0.29) is 18.9 Å². The third-order valence-electron chi connectivity index (χ3n) is 2.58. The number of aromatic nitrogens is 2. The van der Waals surface area contributed by atoms with Crippen LogP contribution in [0.4, 0.5) is 0 Å². The zero-order chi connectivity index (χ0) is 19.9. The third-order valence-corrected chi connectivity index (χ3v) is 2.58. The fraction of sp³-hybridized carbons (Fsp3) is 0.562. The smallest absolute Gasteiger partial charge is 0.375 e. The molecule has 0 unspecified atom stereocenters. The van der Waals surface area contributed by atoms with Crippen LogP contribution in [0.3, 0.4) is 0 Å². The first kappa shape index (κ1) is 23.4. The van der Waals surface area contributed by atoms with Crippen LogP contribution in [0.2, 0.25) is 0 Å². The molecule has 1 aromatic heterocycles. The number of H-pyrrole nitrogens is 1. The average molecular weight is 372 g/mol. The van der Waals surface area contributed by atoms with E-state index in [1.807, 2.05) is 0 Å². The fourth-order valence-electron chi connectivity index (χ4n) is 1.58. The SMILES string of the molecule is CCOC(=O)C(=O)CC(=O)COC.CCOC(=O)c1cc(COC)[nH]n1. The summed E-state index contributed by atoms with van der Waals surface area (Å²) in [4.78, 5) is 43.5. The van der Waals surface area contributed by atoms with E-state index in [0.29, 0.717) is 13.2 Å². The maximum absolute atomic E-state index is 11.1. The summed E-state index contributed by atoms with van der Waals surface area (Å²) in [5.41, 5.74) is 1.04. The van der Waals surface area contributed by atoms with Crippen LogP contribution in [-0.4, -0.2) is 67.7 Å². The molecule has 146 valence electrons. The van der Waals surface area contributed by atoms with E-state index in [1.54, 1.807) is 27.0 Å². The summed E-state index contributed by atoms with van der Waals surface area (Å²) in [5, 5.41) is 6.44. The van der Waals surface area contributed by atoms with Crippen LogP contribution in [-0.2, 0) is 39.9 Å². The van der Waals surface area contributed by atoms with Crippen molar-refractivity contribution in [2.24, 2.45) is 0 Å². The van der Waals surface area contributed by atoms with Gasteiger partial charge in [-0.25, -0.2) is 9.59 Å². The molecule has 0 amide bonds. The molecule has 1 aromatic rings. The van der Waals surface area contributed by atoms with Gasteiger partial charge in [-0.15, -0.1) is 0 Å². The third kappa shape index (κ3) is 9.64. The van der Waals surface area contributed by atoms with Gasteiger partial charge >= 0.3 is 11.9 Å². The number of Topliss-reactive ketones (excluding diaryl/α,β-unsaturated/α-hetero) is 2. The normalized spacial score (nSPS) is 9.69. The van der Waals surface area contributed by atoms with E-state index in [2.05, 4.69) is 19.7 Å². The van der Waals surface area contributed by atoms with Crippen LogP contribution < -0.4 is 0 Å². The van der Waals surface area contributed by atoms with Crippen molar-refractivity contribution in [3.05, 3.63) is 17.5 Å². The second kappa shape index (κ2) is 13.7. The van der Waals surface area contributed by atoms with Crippen molar-refractivity contribution in [1.82, 2.24) is 10.2 Å². The summed E-state index contributed by atoms with van der Waals surface area (Å²) in [6.45, 7) is 4.06. The first-order valence-electron chi connectivity index (χ1n) is 7.80. The van der Waals surface area contributed by atoms with E-state index in [9.17, 15) is 19.2 Å².